The van der Waals surface area contributed by atoms with Crippen molar-refractivity contribution in [2.75, 3.05) is 5.32 Å². The van der Waals surface area contributed by atoms with Gasteiger partial charge in [0.15, 0.2) is 11.5 Å². The minimum Gasteiger partial charge on any atom is -0.360 e. The second-order valence-corrected chi connectivity index (χ2v) is 8.25. The van der Waals surface area contributed by atoms with Crippen molar-refractivity contribution in [3.63, 3.8) is 0 Å². The summed E-state index contributed by atoms with van der Waals surface area (Å²) < 4.78 is 15.7. The number of anilines is 1. The predicted octanol–water partition coefficient (Wildman–Crippen LogP) is 5.67. The molecule has 0 spiro atoms. The zero-order chi connectivity index (χ0) is 23.1. The highest BCUT2D eigenvalue weighted by Gasteiger charge is 2.22. The molecule has 0 aliphatic rings. The van der Waals surface area contributed by atoms with Gasteiger partial charge in [0, 0.05) is 16.4 Å². The van der Waals surface area contributed by atoms with Crippen LogP contribution in [-0.2, 0) is 0 Å². The van der Waals surface area contributed by atoms with Gasteiger partial charge in [0.1, 0.15) is 17.7 Å². The first-order chi connectivity index (χ1) is 16.0. The highest BCUT2D eigenvalue weighted by molar-refractivity contribution is 6.35. The average molecular weight is 483 g/mol. The molecule has 0 amide bonds. The summed E-state index contributed by atoms with van der Waals surface area (Å²) >= 11 is 12.3. The molecule has 1 unspecified atom stereocenters. The molecule has 3 heterocycles. The van der Waals surface area contributed by atoms with Crippen LogP contribution in [0.3, 0.4) is 0 Å². The maximum atomic E-state index is 14.2. The number of aromatic nitrogens is 5. The molecule has 0 bridgehead atoms. The Labute approximate surface area is 197 Å². The highest BCUT2D eigenvalue weighted by atomic mass is 35.5. The van der Waals surface area contributed by atoms with E-state index >= 15 is 0 Å². The molecule has 1 atom stereocenters. The molecule has 0 saturated carbocycles. The number of rotatable bonds is 5. The van der Waals surface area contributed by atoms with E-state index < -0.39 is 11.4 Å². The first kappa shape index (κ1) is 21.4. The molecule has 0 radical (unpaired) electrons. The van der Waals surface area contributed by atoms with Gasteiger partial charge in [-0.25, -0.2) is 19.3 Å². The molecule has 0 fully saturated rings. The van der Waals surface area contributed by atoms with Crippen LogP contribution in [0, 0.1) is 5.82 Å². The number of H-pyrrole nitrogens is 1. The van der Waals surface area contributed by atoms with Gasteiger partial charge in [0.05, 0.1) is 22.8 Å². The van der Waals surface area contributed by atoms with Gasteiger partial charge in [-0.15, -0.1) is 0 Å². The molecule has 2 aromatic carbocycles. The van der Waals surface area contributed by atoms with Crippen LogP contribution in [0.25, 0.3) is 27.6 Å². The largest absolute Gasteiger partial charge is 0.360 e. The van der Waals surface area contributed by atoms with E-state index in [4.69, 9.17) is 23.2 Å². The van der Waals surface area contributed by atoms with Crippen LogP contribution in [0.2, 0.25) is 10.0 Å². The number of pyridine rings is 1. The number of nitrogens with zero attached hydrogens (tertiary/aromatic N) is 4. The molecular weight excluding hydrogens is 466 g/mol. The fourth-order valence-electron chi connectivity index (χ4n) is 3.89. The number of hydrogen-bond donors (Lipinski definition) is 2. The summed E-state index contributed by atoms with van der Waals surface area (Å²) in [5, 5.41) is 4.38. The standard InChI is InChI=1S/C23H17Cl2FN6O/c1-2-16(31-22-20-21(28-10-27-20)29-11-30-22)17-9-12-3-8-15(26)19(25)18(12)23(33)32(17)14-6-4-13(24)5-7-14/h3-11,16H,2H2,1H3,(H2,27,28,29,30,31). The van der Waals surface area contributed by atoms with Crippen molar-refractivity contribution in [2.45, 2.75) is 19.4 Å². The molecule has 0 saturated heterocycles. The molecule has 5 rings (SSSR count). The number of nitrogens with one attached hydrogen (secondary N) is 2. The first-order valence-electron chi connectivity index (χ1n) is 10.2. The first-order valence-corrected chi connectivity index (χ1v) is 10.9. The molecule has 0 aliphatic carbocycles. The Bertz CT molecular complexity index is 1550. The van der Waals surface area contributed by atoms with E-state index in [-0.39, 0.29) is 16.5 Å². The van der Waals surface area contributed by atoms with Gasteiger partial charge in [-0.1, -0.05) is 36.2 Å². The lowest BCUT2D eigenvalue weighted by Crippen LogP contribution is -2.27. The quantitative estimate of drug-likeness (QED) is 0.337. The summed E-state index contributed by atoms with van der Waals surface area (Å²) in [6.07, 6.45) is 3.59. The minimum absolute atomic E-state index is 0.114. The number of imidazole rings is 1. The second-order valence-electron chi connectivity index (χ2n) is 7.44. The summed E-state index contributed by atoms with van der Waals surface area (Å²) in [5.41, 5.74) is 1.99. The van der Waals surface area contributed by atoms with Crippen LogP contribution in [0.4, 0.5) is 10.2 Å². The molecular formula is C23H17Cl2FN6O. The lowest BCUT2D eigenvalue weighted by Gasteiger charge is -2.23. The van der Waals surface area contributed by atoms with E-state index in [0.717, 1.165) is 0 Å². The molecule has 7 nitrogen and oxygen atoms in total. The number of halogens is 3. The maximum absolute atomic E-state index is 14.2. The smallest absolute Gasteiger partial charge is 0.264 e. The third-order valence-corrected chi connectivity index (χ3v) is 6.11. The Balaban J connectivity index is 1.75. The lowest BCUT2D eigenvalue weighted by atomic mass is 10.0. The van der Waals surface area contributed by atoms with Crippen molar-refractivity contribution in [1.82, 2.24) is 24.5 Å². The number of benzene rings is 2. The highest BCUT2D eigenvalue weighted by Crippen LogP contribution is 2.31. The summed E-state index contributed by atoms with van der Waals surface area (Å²) in [7, 11) is 0. The van der Waals surface area contributed by atoms with Crippen molar-refractivity contribution in [3.8, 4) is 5.69 Å². The van der Waals surface area contributed by atoms with Crippen molar-refractivity contribution >= 4 is 51.0 Å². The third kappa shape index (κ3) is 3.71. The SMILES string of the molecule is CCC(Nc1ncnc2nc[nH]c12)c1cc2ccc(F)c(Cl)c2c(=O)n1-c1ccc(Cl)cc1. The van der Waals surface area contributed by atoms with Gasteiger partial charge < -0.3 is 10.3 Å². The zero-order valence-corrected chi connectivity index (χ0v) is 18.8. The fraction of sp³-hybridized carbons (Fsp3) is 0.130. The fourth-order valence-corrected chi connectivity index (χ4v) is 4.27. The summed E-state index contributed by atoms with van der Waals surface area (Å²) in [6, 6.07) is 11.2. The minimum atomic E-state index is -0.649. The number of fused-ring (bicyclic) bond motifs is 2. The van der Waals surface area contributed by atoms with Gasteiger partial charge in [0.25, 0.3) is 5.56 Å². The summed E-state index contributed by atoms with van der Waals surface area (Å²) in [5.74, 6) is -0.0962. The van der Waals surface area contributed by atoms with E-state index in [1.54, 1.807) is 36.7 Å². The van der Waals surface area contributed by atoms with Crippen LogP contribution >= 0.6 is 23.2 Å². The predicted molar refractivity (Wildman–Crippen MR) is 128 cm³/mol. The Morgan fingerprint density at radius 2 is 1.91 bits per heavy atom. The summed E-state index contributed by atoms with van der Waals surface area (Å²) in [4.78, 5) is 29.4. The van der Waals surface area contributed by atoms with E-state index in [2.05, 4.69) is 25.3 Å². The molecule has 10 heteroatoms. The van der Waals surface area contributed by atoms with Crippen molar-refractivity contribution < 1.29 is 4.39 Å². The maximum Gasteiger partial charge on any atom is 0.264 e. The van der Waals surface area contributed by atoms with Crippen LogP contribution < -0.4 is 10.9 Å². The topological polar surface area (TPSA) is 88.5 Å². The van der Waals surface area contributed by atoms with Crippen LogP contribution in [-0.4, -0.2) is 24.5 Å². The third-order valence-electron chi connectivity index (χ3n) is 5.49. The van der Waals surface area contributed by atoms with E-state index in [9.17, 15) is 9.18 Å². The molecule has 2 N–H and O–H groups in total. The number of aromatic amines is 1. The Morgan fingerprint density at radius 1 is 1.12 bits per heavy atom. The van der Waals surface area contributed by atoms with Crippen LogP contribution in [0.1, 0.15) is 25.1 Å². The average Bonchev–Trinajstić information content (AvgIpc) is 3.30. The van der Waals surface area contributed by atoms with Crippen LogP contribution in [0.5, 0.6) is 0 Å². The van der Waals surface area contributed by atoms with Crippen molar-refractivity contribution in [1.29, 1.82) is 0 Å². The van der Waals surface area contributed by atoms with Gasteiger partial charge in [-0.3, -0.25) is 9.36 Å². The summed E-state index contributed by atoms with van der Waals surface area (Å²) in [6.45, 7) is 1.99. The van der Waals surface area contributed by atoms with Crippen molar-refractivity contribution in [2.24, 2.45) is 0 Å². The zero-order valence-electron chi connectivity index (χ0n) is 17.3. The molecule has 5 aromatic rings. The van der Waals surface area contributed by atoms with Gasteiger partial charge in [-0.05, 0) is 48.2 Å². The lowest BCUT2D eigenvalue weighted by molar-refractivity contribution is 0.629. The molecule has 33 heavy (non-hydrogen) atoms. The number of hydrogen-bond acceptors (Lipinski definition) is 5. The van der Waals surface area contributed by atoms with Crippen molar-refractivity contribution in [3.05, 3.63) is 87.0 Å². The van der Waals surface area contributed by atoms with E-state index in [1.807, 2.05) is 13.0 Å². The monoisotopic (exact) mass is 482 g/mol. The van der Waals surface area contributed by atoms with E-state index in [1.165, 1.54) is 17.0 Å². The second kappa shape index (κ2) is 8.46. The Morgan fingerprint density at radius 3 is 2.67 bits per heavy atom. The molecule has 3 aromatic heterocycles. The van der Waals surface area contributed by atoms with Gasteiger partial charge in [-0.2, -0.15) is 0 Å². The Hall–Kier alpha value is -3.49. The normalized spacial score (nSPS) is 12.4. The molecule has 166 valence electrons. The van der Waals surface area contributed by atoms with Crippen LogP contribution in [0.15, 0.2) is 59.9 Å². The van der Waals surface area contributed by atoms with Gasteiger partial charge in [0.2, 0.25) is 0 Å². The Kier molecular flexibility index (Phi) is 5.47. The van der Waals surface area contributed by atoms with Gasteiger partial charge >= 0.3 is 0 Å². The molecule has 0 aliphatic heterocycles. The van der Waals surface area contributed by atoms with E-state index in [0.29, 0.717) is 45.2 Å².